The fraction of sp³-hybridized carbons (Fsp3) is 0.500. The topological polar surface area (TPSA) is 21.8 Å². The molecule has 1 heterocycles. The van der Waals surface area contributed by atoms with Crippen LogP contribution in [0.4, 0.5) is 4.39 Å². The van der Waals surface area contributed by atoms with Gasteiger partial charge in [-0.2, -0.15) is 0 Å². The maximum atomic E-state index is 13.6. The highest BCUT2D eigenvalue weighted by molar-refractivity contribution is 9.10. The molecule has 0 bridgehead atoms. The fourth-order valence-electron chi connectivity index (χ4n) is 1.48. The van der Waals surface area contributed by atoms with E-state index in [2.05, 4.69) is 15.9 Å². The van der Waals surface area contributed by atoms with Gasteiger partial charge in [0.15, 0.2) is 0 Å². The summed E-state index contributed by atoms with van der Waals surface area (Å²) < 4.78 is 24.8. The van der Waals surface area contributed by atoms with Gasteiger partial charge in [0.05, 0.1) is 23.8 Å². The first-order valence-corrected chi connectivity index (χ1v) is 6.06. The van der Waals surface area contributed by atoms with Gasteiger partial charge in [-0.25, -0.2) is 4.39 Å². The molecular formula is C12H14BrFO2. The molecule has 0 spiro atoms. The van der Waals surface area contributed by atoms with E-state index in [-0.39, 0.29) is 18.0 Å². The highest BCUT2D eigenvalue weighted by atomic mass is 79.9. The Bertz CT molecular complexity index is 391. The van der Waals surface area contributed by atoms with Gasteiger partial charge in [-0.15, -0.1) is 0 Å². The molecule has 0 N–H and O–H groups in total. The third-order valence-corrected chi connectivity index (χ3v) is 3.48. The van der Waals surface area contributed by atoms with Gasteiger partial charge < -0.3 is 9.47 Å². The molecule has 2 nitrogen and oxygen atoms in total. The van der Waals surface area contributed by atoms with Crippen molar-refractivity contribution in [2.24, 2.45) is 0 Å². The van der Waals surface area contributed by atoms with Crippen LogP contribution in [0.1, 0.15) is 24.2 Å². The first-order chi connectivity index (χ1) is 7.59. The van der Waals surface area contributed by atoms with Crippen LogP contribution in [0.25, 0.3) is 0 Å². The maximum absolute atomic E-state index is 13.6. The lowest BCUT2D eigenvalue weighted by molar-refractivity contribution is 0.0533. The zero-order valence-corrected chi connectivity index (χ0v) is 10.9. The first kappa shape index (κ1) is 12.0. The second-order valence-corrected chi connectivity index (χ2v) is 4.82. The molecule has 2 rings (SSSR count). The van der Waals surface area contributed by atoms with E-state index in [1.165, 1.54) is 0 Å². The van der Waals surface area contributed by atoms with Gasteiger partial charge >= 0.3 is 0 Å². The standard InChI is InChI=1S/C12H14BrFO2/c1-7-3-4-10(11(13)12(7)14)8(2)15-5-9-6-16-9/h3-4,8-9H,5-6H2,1-2H3/t8-,9?/m1/s1. The Morgan fingerprint density at radius 2 is 2.31 bits per heavy atom. The molecule has 1 fully saturated rings. The summed E-state index contributed by atoms with van der Waals surface area (Å²) >= 11 is 3.27. The number of hydrogen-bond acceptors (Lipinski definition) is 2. The van der Waals surface area contributed by atoms with E-state index in [1.807, 2.05) is 13.0 Å². The van der Waals surface area contributed by atoms with Crippen molar-refractivity contribution in [3.63, 3.8) is 0 Å². The first-order valence-electron chi connectivity index (χ1n) is 5.27. The SMILES string of the molecule is Cc1ccc([C@@H](C)OCC2CO2)c(Br)c1F. The summed E-state index contributed by atoms with van der Waals surface area (Å²) in [5, 5.41) is 0. The predicted octanol–water partition coefficient (Wildman–Crippen LogP) is 3.37. The average molecular weight is 289 g/mol. The number of ether oxygens (including phenoxy) is 2. The van der Waals surface area contributed by atoms with E-state index in [9.17, 15) is 4.39 Å². The molecule has 1 aromatic rings. The van der Waals surface area contributed by atoms with Crippen molar-refractivity contribution >= 4 is 15.9 Å². The van der Waals surface area contributed by atoms with Crippen molar-refractivity contribution in [3.05, 3.63) is 33.5 Å². The van der Waals surface area contributed by atoms with Crippen LogP contribution in [-0.4, -0.2) is 19.3 Å². The number of halogens is 2. The minimum absolute atomic E-state index is 0.131. The van der Waals surface area contributed by atoms with E-state index in [0.29, 0.717) is 16.6 Å². The van der Waals surface area contributed by atoms with Crippen LogP contribution in [0, 0.1) is 12.7 Å². The normalized spacial score (nSPS) is 20.9. The van der Waals surface area contributed by atoms with Gasteiger partial charge in [0.2, 0.25) is 0 Å². The van der Waals surface area contributed by atoms with Gasteiger partial charge in [0.25, 0.3) is 0 Å². The smallest absolute Gasteiger partial charge is 0.140 e. The lowest BCUT2D eigenvalue weighted by atomic mass is 10.1. The van der Waals surface area contributed by atoms with Crippen LogP contribution in [0.2, 0.25) is 0 Å². The van der Waals surface area contributed by atoms with Crippen molar-refractivity contribution in [1.29, 1.82) is 0 Å². The highest BCUT2D eigenvalue weighted by Crippen LogP contribution is 2.30. The molecule has 2 atom stereocenters. The van der Waals surface area contributed by atoms with Crippen LogP contribution in [0.15, 0.2) is 16.6 Å². The number of epoxide rings is 1. The Morgan fingerprint density at radius 3 is 2.94 bits per heavy atom. The molecule has 1 aromatic carbocycles. The van der Waals surface area contributed by atoms with Gasteiger partial charge in [0, 0.05) is 0 Å². The quantitative estimate of drug-likeness (QED) is 0.793. The summed E-state index contributed by atoms with van der Waals surface area (Å²) in [6.45, 7) is 5.00. The molecule has 0 radical (unpaired) electrons. The molecule has 1 saturated heterocycles. The monoisotopic (exact) mass is 288 g/mol. The predicted molar refractivity (Wildman–Crippen MR) is 62.9 cm³/mol. The van der Waals surface area contributed by atoms with E-state index in [0.717, 1.165) is 12.2 Å². The lowest BCUT2D eigenvalue weighted by Crippen LogP contribution is -2.07. The van der Waals surface area contributed by atoms with Crippen LogP contribution in [0.3, 0.4) is 0 Å². The van der Waals surface area contributed by atoms with Crippen molar-refractivity contribution in [2.45, 2.75) is 26.1 Å². The number of aryl methyl sites for hydroxylation is 1. The summed E-state index contributed by atoms with van der Waals surface area (Å²) in [4.78, 5) is 0. The number of rotatable bonds is 4. The molecule has 4 heteroatoms. The highest BCUT2D eigenvalue weighted by Gasteiger charge is 2.24. The van der Waals surface area contributed by atoms with Gasteiger partial charge in [0.1, 0.15) is 11.9 Å². The molecule has 1 aliphatic rings. The van der Waals surface area contributed by atoms with Crippen LogP contribution in [0.5, 0.6) is 0 Å². The summed E-state index contributed by atoms with van der Waals surface area (Å²) in [6.07, 6.45) is 0.102. The zero-order valence-electron chi connectivity index (χ0n) is 9.30. The molecule has 1 aliphatic heterocycles. The second kappa shape index (κ2) is 4.82. The lowest BCUT2D eigenvalue weighted by Gasteiger charge is -2.15. The second-order valence-electron chi connectivity index (χ2n) is 4.03. The van der Waals surface area contributed by atoms with Gasteiger partial charge in [-0.1, -0.05) is 12.1 Å². The zero-order chi connectivity index (χ0) is 11.7. The Hall–Kier alpha value is -0.450. The minimum atomic E-state index is -0.212. The summed E-state index contributed by atoms with van der Waals surface area (Å²) in [6, 6.07) is 3.66. The van der Waals surface area contributed by atoms with Gasteiger partial charge in [-0.05, 0) is 40.9 Å². The molecule has 1 unspecified atom stereocenters. The number of benzene rings is 1. The molecule has 88 valence electrons. The molecule has 0 saturated carbocycles. The third-order valence-electron chi connectivity index (χ3n) is 2.68. The van der Waals surface area contributed by atoms with E-state index < -0.39 is 0 Å². The largest absolute Gasteiger partial charge is 0.371 e. The Kier molecular flexibility index (Phi) is 3.62. The molecule has 0 aliphatic carbocycles. The van der Waals surface area contributed by atoms with Crippen molar-refractivity contribution in [3.8, 4) is 0 Å². The average Bonchev–Trinajstić information content (AvgIpc) is 3.07. The van der Waals surface area contributed by atoms with Gasteiger partial charge in [-0.3, -0.25) is 0 Å². The molecule has 0 amide bonds. The summed E-state index contributed by atoms with van der Waals surface area (Å²) in [7, 11) is 0. The van der Waals surface area contributed by atoms with Crippen LogP contribution in [-0.2, 0) is 9.47 Å². The Labute approximate surface area is 103 Å². The number of hydrogen-bond donors (Lipinski definition) is 0. The summed E-state index contributed by atoms with van der Waals surface area (Å²) in [5.74, 6) is -0.212. The third kappa shape index (κ3) is 2.62. The molecule has 0 aromatic heterocycles. The fourth-order valence-corrected chi connectivity index (χ4v) is 2.25. The van der Waals surface area contributed by atoms with E-state index in [1.54, 1.807) is 13.0 Å². The molecule has 16 heavy (non-hydrogen) atoms. The van der Waals surface area contributed by atoms with Crippen LogP contribution >= 0.6 is 15.9 Å². The van der Waals surface area contributed by atoms with E-state index in [4.69, 9.17) is 9.47 Å². The van der Waals surface area contributed by atoms with E-state index >= 15 is 0 Å². The van der Waals surface area contributed by atoms with Crippen molar-refractivity contribution < 1.29 is 13.9 Å². The van der Waals surface area contributed by atoms with Crippen LogP contribution < -0.4 is 0 Å². The summed E-state index contributed by atoms with van der Waals surface area (Å²) in [5.41, 5.74) is 1.47. The minimum Gasteiger partial charge on any atom is -0.371 e. The Morgan fingerprint density at radius 1 is 1.62 bits per heavy atom. The van der Waals surface area contributed by atoms with Crippen molar-refractivity contribution in [2.75, 3.05) is 13.2 Å². The van der Waals surface area contributed by atoms with Crippen molar-refractivity contribution in [1.82, 2.24) is 0 Å². The molecular weight excluding hydrogens is 275 g/mol. The Balaban J connectivity index is 2.09. The maximum Gasteiger partial charge on any atom is 0.140 e.